The molecule has 0 aliphatic carbocycles. The van der Waals surface area contributed by atoms with Crippen LogP contribution < -0.4 is 11.1 Å². The van der Waals surface area contributed by atoms with E-state index in [2.05, 4.69) is 49.1 Å². The Morgan fingerprint density at radius 3 is 2.21 bits per heavy atom. The lowest BCUT2D eigenvalue weighted by atomic mass is 10.0. The third-order valence-corrected chi connectivity index (χ3v) is 3.74. The van der Waals surface area contributed by atoms with E-state index in [0.717, 1.165) is 18.8 Å². The van der Waals surface area contributed by atoms with E-state index in [1.54, 1.807) is 0 Å². The van der Waals surface area contributed by atoms with Crippen LogP contribution >= 0.6 is 24.0 Å². The fraction of sp³-hybridized carbons (Fsp3) is 0.421. The van der Waals surface area contributed by atoms with Crippen LogP contribution in [0.25, 0.3) is 0 Å². The number of hydrogen-bond donors (Lipinski definition) is 2. The molecule has 0 bridgehead atoms. The lowest BCUT2D eigenvalue weighted by Crippen LogP contribution is -2.42. The normalized spacial score (nSPS) is 12.6. The molecule has 1 atom stereocenters. The number of anilines is 1. The standard InChI is InChI=1S/C19H30N4.HI/c1-6-12-23(13-7-2)18(15(3)4)14-21-19(20)22-17-10-8-16(5)9-11-17;/h6-11,15,18H,1-2,12-14H2,3-5H3,(H3,20,21,22);1H. The largest absolute Gasteiger partial charge is 0.370 e. The van der Waals surface area contributed by atoms with Crippen LogP contribution in [0.3, 0.4) is 0 Å². The van der Waals surface area contributed by atoms with Crippen LogP contribution in [0.5, 0.6) is 0 Å². The molecule has 0 fully saturated rings. The fourth-order valence-corrected chi connectivity index (χ4v) is 2.44. The van der Waals surface area contributed by atoms with E-state index in [1.165, 1.54) is 5.56 Å². The summed E-state index contributed by atoms with van der Waals surface area (Å²) in [4.78, 5) is 6.83. The van der Waals surface area contributed by atoms with Crippen LogP contribution in [-0.4, -0.2) is 36.5 Å². The van der Waals surface area contributed by atoms with Gasteiger partial charge in [-0.3, -0.25) is 9.89 Å². The summed E-state index contributed by atoms with van der Waals surface area (Å²) in [6.45, 7) is 16.4. The van der Waals surface area contributed by atoms with Gasteiger partial charge in [-0.05, 0) is 25.0 Å². The molecule has 0 amide bonds. The summed E-state index contributed by atoms with van der Waals surface area (Å²) in [5.41, 5.74) is 8.19. The SMILES string of the molecule is C=CCN(CC=C)C(CN=C(N)Nc1ccc(C)cc1)C(C)C.I. The zero-order chi connectivity index (χ0) is 17.2. The van der Waals surface area contributed by atoms with E-state index in [1.807, 2.05) is 36.4 Å². The van der Waals surface area contributed by atoms with Crippen molar-refractivity contribution < 1.29 is 0 Å². The second kappa shape index (κ2) is 12.1. The predicted octanol–water partition coefficient (Wildman–Crippen LogP) is 4.04. The van der Waals surface area contributed by atoms with Crippen LogP contribution in [0.4, 0.5) is 5.69 Å². The van der Waals surface area contributed by atoms with Gasteiger partial charge in [0.05, 0.1) is 6.54 Å². The molecule has 0 aliphatic rings. The van der Waals surface area contributed by atoms with Gasteiger partial charge in [0.25, 0.3) is 0 Å². The highest BCUT2D eigenvalue weighted by Gasteiger charge is 2.19. The van der Waals surface area contributed by atoms with Gasteiger partial charge in [-0.15, -0.1) is 37.1 Å². The quantitative estimate of drug-likeness (QED) is 0.263. The lowest BCUT2D eigenvalue weighted by Gasteiger charge is -2.31. The Morgan fingerprint density at radius 2 is 1.75 bits per heavy atom. The molecular weight excluding hydrogens is 411 g/mol. The Kier molecular flexibility index (Phi) is 11.4. The van der Waals surface area contributed by atoms with Gasteiger partial charge in [0.15, 0.2) is 5.96 Å². The average molecular weight is 442 g/mol. The number of nitrogens with zero attached hydrogens (tertiary/aromatic N) is 2. The van der Waals surface area contributed by atoms with Crippen LogP contribution in [0, 0.1) is 12.8 Å². The van der Waals surface area contributed by atoms with E-state index < -0.39 is 0 Å². The van der Waals surface area contributed by atoms with E-state index in [9.17, 15) is 0 Å². The highest BCUT2D eigenvalue weighted by atomic mass is 127. The first-order chi connectivity index (χ1) is 11.0. The molecule has 4 nitrogen and oxygen atoms in total. The molecule has 0 aliphatic heterocycles. The number of aryl methyl sites for hydroxylation is 1. The second-order valence-electron chi connectivity index (χ2n) is 6.06. The number of rotatable bonds is 9. The molecule has 0 radical (unpaired) electrons. The first-order valence-electron chi connectivity index (χ1n) is 8.07. The van der Waals surface area contributed by atoms with Crippen LogP contribution in [0.1, 0.15) is 19.4 Å². The number of nitrogens with one attached hydrogen (secondary N) is 1. The molecular formula is C19H31IN4. The molecule has 0 saturated carbocycles. The van der Waals surface area contributed by atoms with Gasteiger partial charge >= 0.3 is 0 Å². The number of hydrogen-bond acceptors (Lipinski definition) is 2. The van der Waals surface area contributed by atoms with E-state index in [-0.39, 0.29) is 24.0 Å². The Balaban J connectivity index is 0.00000529. The van der Waals surface area contributed by atoms with Crippen molar-refractivity contribution in [3.05, 3.63) is 55.1 Å². The molecule has 1 rings (SSSR count). The van der Waals surface area contributed by atoms with Crippen LogP contribution in [0.2, 0.25) is 0 Å². The van der Waals surface area contributed by atoms with Crippen molar-refractivity contribution in [2.45, 2.75) is 26.8 Å². The van der Waals surface area contributed by atoms with Crippen molar-refractivity contribution >= 4 is 35.6 Å². The summed E-state index contributed by atoms with van der Waals surface area (Å²) in [5.74, 6) is 0.905. The molecule has 134 valence electrons. The van der Waals surface area contributed by atoms with Gasteiger partial charge in [0.1, 0.15) is 0 Å². The number of nitrogens with two attached hydrogens (primary N) is 1. The first kappa shape index (κ1) is 22.7. The van der Waals surface area contributed by atoms with Gasteiger partial charge in [0.2, 0.25) is 0 Å². The molecule has 5 heteroatoms. The number of aliphatic imine (C=N–C) groups is 1. The zero-order valence-electron chi connectivity index (χ0n) is 15.0. The Labute approximate surface area is 163 Å². The van der Waals surface area contributed by atoms with Gasteiger partial charge in [-0.25, -0.2) is 0 Å². The average Bonchev–Trinajstić information content (AvgIpc) is 2.50. The summed E-state index contributed by atoms with van der Waals surface area (Å²) in [6, 6.07) is 8.38. The Hall–Kier alpha value is -1.34. The summed E-state index contributed by atoms with van der Waals surface area (Å²) in [5, 5.41) is 3.14. The van der Waals surface area contributed by atoms with E-state index in [4.69, 9.17) is 5.73 Å². The summed E-state index contributed by atoms with van der Waals surface area (Å²) in [7, 11) is 0. The zero-order valence-corrected chi connectivity index (χ0v) is 17.4. The maximum Gasteiger partial charge on any atom is 0.193 e. The molecule has 1 aromatic carbocycles. The molecule has 24 heavy (non-hydrogen) atoms. The number of benzene rings is 1. The smallest absolute Gasteiger partial charge is 0.193 e. The van der Waals surface area contributed by atoms with Crippen molar-refractivity contribution in [1.82, 2.24) is 4.90 Å². The highest BCUT2D eigenvalue weighted by Crippen LogP contribution is 2.12. The fourth-order valence-electron chi connectivity index (χ4n) is 2.44. The first-order valence-corrected chi connectivity index (χ1v) is 8.07. The topological polar surface area (TPSA) is 53.6 Å². The van der Waals surface area contributed by atoms with Crippen LogP contribution in [-0.2, 0) is 0 Å². The Morgan fingerprint density at radius 1 is 1.21 bits per heavy atom. The lowest BCUT2D eigenvalue weighted by molar-refractivity contribution is 0.196. The van der Waals surface area contributed by atoms with Gasteiger partial charge in [-0.1, -0.05) is 43.7 Å². The minimum Gasteiger partial charge on any atom is -0.370 e. The number of guanidine groups is 1. The minimum absolute atomic E-state index is 0. The highest BCUT2D eigenvalue weighted by molar-refractivity contribution is 14.0. The van der Waals surface area contributed by atoms with Crippen LogP contribution in [0.15, 0.2) is 54.6 Å². The number of halogens is 1. The molecule has 1 unspecified atom stereocenters. The van der Waals surface area contributed by atoms with Crippen molar-refractivity contribution in [1.29, 1.82) is 0 Å². The van der Waals surface area contributed by atoms with E-state index >= 15 is 0 Å². The summed E-state index contributed by atoms with van der Waals surface area (Å²) in [6.07, 6.45) is 3.83. The molecule has 0 aromatic heterocycles. The van der Waals surface area contributed by atoms with Crippen molar-refractivity contribution in [2.24, 2.45) is 16.6 Å². The molecule has 0 spiro atoms. The van der Waals surface area contributed by atoms with Gasteiger partial charge in [0, 0.05) is 24.8 Å². The predicted molar refractivity (Wildman–Crippen MR) is 117 cm³/mol. The van der Waals surface area contributed by atoms with Crippen molar-refractivity contribution in [2.75, 3.05) is 25.0 Å². The third-order valence-electron chi connectivity index (χ3n) is 3.74. The third kappa shape index (κ3) is 7.97. The maximum absolute atomic E-state index is 6.02. The molecule has 0 saturated heterocycles. The molecule has 1 aromatic rings. The van der Waals surface area contributed by atoms with E-state index in [0.29, 0.717) is 24.5 Å². The monoisotopic (exact) mass is 442 g/mol. The van der Waals surface area contributed by atoms with Crippen molar-refractivity contribution in [3.8, 4) is 0 Å². The summed E-state index contributed by atoms with van der Waals surface area (Å²) < 4.78 is 0. The minimum atomic E-state index is 0. The van der Waals surface area contributed by atoms with Gasteiger partial charge < -0.3 is 11.1 Å². The van der Waals surface area contributed by atoms with Gasteiger partial charge in [-0.2, -0.15) is 0 Å². The molecule has 3 N–H and O–H groups in total. The summed E-state index contributed by atoms with van der Waals surface area (Å²) >= 11 is 0. The Bertz CT molecular complexity index is 513. The molecule has 0 heterocycles. The van der Waals surface area contributed by atoms with Crippen molar-refractivity contribution in [3.63, 3.8) is 0 Å². The maximum atomic E-state index is 6.02. The second-order valence-corrected chi connectivity index (χ2v) is 6.06.